The van der Waals surface area contributed by atoms with Crippen LogP contribution in [0.15, 0.2) is 24.3 Å². The molecule has 0 bridgehead atoms. The van der Waals surface area contributed by atoms with E-state index in [1.807, 2.05) is 24.3 Å². The van der Waals surface area contributed by atoms with Crippen molar-refractivity contribution in [1.29, 1.82) is 0 Å². The number of amides is 1. The summed E-state index contributed by atoms with van der Waals surface area (Å²) >= 11 is 0. The summed E-state index contributed by atoms with van der Waals surface area (Å²) in [6, 6.07) is 8.29. The fraction of sp³-hybridized carbons (Fsp3) is 0.562. The van der Waals surface area contributed by atoms with Crippen molar-refractivity contribution in [2.24, 2.45) is 5.73 Å². The summed E-state index contributed by atoms with van der Waals surface area (Å²) in [7, 11) is 0. The van der Waals surface area contributed by atoms with Crippen LogP contribution in [-0.4, -0.2) is 36.5 Å². The number of nitrogens with two attached hydrogens (primary N) is 1. The summed E-state index contributed by atoms with van der Waals surface area (Å²) in [5.74, 6) is -0.363. The fourth-order valence-electron chi connectivity index (χ4n) is 2.83. The Bertz CT molecular complexity index is 424. The van der Waals surface area contributed by atoms with Crippen molar-refractivity contribution < 1.29 is 4.79 Å². The van der Waals surface area contributed by atoms with Crippen LogP contribution in [0, 0.1) is 0 Å². The lowest BCUT2D eigenvalue weighted by Crippen LogP contribution is -2.45. The highest BCUT2D eigenvalue weighted by Crippen LogP contribution is 2.15. The van der Waals surface area contributed by atoms with Gasteiger partial charge in [0.1, 0.15) is 0 Å². The molecule has 4 nitrogen and oxygen atoms in total. The Morgan fingerprint density at radius 1 is 1.40 bits per heavy atom. The van der Waals surface area contributed by atoms with Crippen LogP contribution in [0.1, 0.15) is 42.1 Å². The molecule has 1 aromatic carbocycles. The Morgan fingerprint density at radius 3 is 2.70 bits per heavy atom. The molecule has 1 amide bonds. The Hall–Kier alpha value is -1.39. The van der Waals surface area contributed by atoms with E-state index in [0.717, 1.165) is 32.6 Å². The summed E-state index contributed by atoms with van der Waals surface area (Å²) in [5, 5.41) is 3.48. The lowest BCUT2D eigenvalue weighted by molar-refractivity contribution is 0.1000. The average Bonchev–Trinajstić information content (AvgIpc) is 2.48. The topological polar surface area (TPSA) is 58.4 Å². The normalized spacial score (nSPS) is 19.2. The van der Waals surface area contributed by atoms with Crippen molar-refractivity contribution in [2.45, 2.75) is 38.8 Å². The van der Waals surface area contributed by atoms with Gasteiger partial charge in [0.05, 0.1) is 0 Å². The van der Waals surface area contributed by atoms with Crippen molar-refractivity contribution in [2.75, 3.05) is 19.6 Å². The highest BCUT2D eigenvalue weighted by Gasteiger charge is 2.20. The molecule has 2 rings (SSSR count). The van der Waals surface area contributed by atoms with Gasteiger partial charge < -0.3 is 11.1 Å². The number of primary amides is 1. The second kappa shape index (κ2) is 7.41. The Balaban J connectivity index is 2.01. The lowest BCUT2D eigenvalue weighted by atomic mass is 10.0. The highest BCUT2D eigenvalue weighted by atomic mass is 16.1. The first kappa shape index (κ1) is 15.0. The van der Waals surface area contributed by atoms with Gasteiger partial charge in [-0.3, -0.25) is 9.69 Å². The largest absolute Gasteiger partial charge is 0.366 e. The molecule has 1 atom stereocenters. The van der Waals surface area contributed by atoms with Gasteiger partial charge in [0, 0.05) is 24.7 Å². The van der Waals surface area contributed by atoms with Crippen LogP contribution in [0.25, 0.3) is 0 Å². The zero-order valence-corrected chi connectivity index (χ0v) is 12.3. The predicted octanol–water partition coefficient (Wildman–Crippen LogP) is 1.75. The maximum atomic E-state index is 11.1. The molecule has 20 heavy (non-hydrogen) atoms. The van der Waals surface area contributed by atoms with Crippen LogP contribution in [0.3, 0.4) is 0 Å². The van der Waals surface area contributed by atoms with E-state index in [9.17, 15) is 4.79 Å². The smallest absolute Gasteiger partial charge is 0.248 e. The van der Waals surface area contributed by atoms with Crippen LogP contribution < -0.4 is 11.1 Å². The predicted molar refractivity (Wildman–Crippen MR) is 81.6 cm³/mol. The van der Waals surface area contributed by atoms with E-state index >= 15 is 0 Å². The minimum atomic E-state index is -0.363. The zero-order valence-electron chi connectivity index (χ0n) is 12.3. The minimum absolute atomic E-state index is 0.363. The third kappa shape index (κ3) is 4.05. The molecular formula is C16H25N3O. The van der Waals surface area contributed by atoms with Gasteiger partial charge in [0.2, 0.25) is 5.91 Å². The summed E-state index contributed by atoms with van der Waals surface area (Å²) in [4.78, 5) is 13.6. The van der Waals surface area contributed by atoms with Gasteiger partial charge in [0.25, 0.3) is 0 Å². The van der Waals surface area contributed by atoms with Crippen LogP contribution in [0.5, 0.6) is 0 Å². The van der Waals surface area contributed by atoms with Crippen LogP contribution >= 0.6 is 0 Å². The fourth-order valence-corrected chi connectivity index (χ4v) is 2.83. The van der Waals surface area contributed by atoms with Gasteiger partial charge >= 0.3 is 0 Å². The van der Waals surface area contributed by atoms with Crippen molar-refractivity contribution >= 4 is 5.91 Å². The van der Waals surface area contributed by atoms with Crippen LogP contribution in [0.4, 0.5) is 0 Å². The number of rotatable bonds is 6. The molecule has 0 saturated carbocycles. The number of benzene rings is 1. The number of carbonyl (C=O) groups is 1. The maximum absolute atomic E-state index is 11.1. The van der Waals surface area contributed by atoms with E-state index in [1.165, 1.54) is 18.4 Å². The molecule has 1 heterocycles. The molecule has 1 unspecified atom stereocenters. The molecule has 0 aliphatic carbocycles. The van der Waals surface area contributed by atoms with Crippen molar-refractivity contribution in [3.05, 3.63) is 35.4 Å². The summed E-state index contributed by atoms with van der Waals surface area (Å²) in [6.07, 6.45) is 3.69. The van der Waals surface area contributed by atoms with Gasteiger partial charge in [-0.25, -0.2) is 0 Å². The van der Waals surface area contributed by atoms with Crippen molar-refractivity contribution in [1.82, 2.24) is 10.2 Å². The highest BCUT2D eigenvalue weighted by molar-refractivity contribution is 5.92. The van der Waals surface area contributed by atoms with Crippen LogP contribution in [-0.2, 0) is 6.54 Å². The molecule has 0 spiro atoms. The second-order valence-corrected chi connectivity index (χ2v) is 5.53. The van der Waals surface area contributed by atoms with Crippen molar-refractivity contribution in [3.63, 3.8) is 0 Å². The summed E-state index contributed by atoms with van der Waals surface area (Å²) in [5.41, 5.74) is 7.10. The van der Waals surface area contributed by atoms with Gasteiger partial charge in [0.15, 0.2) is 0 Å². The Kier molecular flexibility index (Phi) is 5.56. The molecular weight excluding hydrogens is 250 g/mol. The third-order valence-corrected chi connectivity index (χ3v) is 3.92. The molecule has 0 radical (unpaired) electrons. The summed E-state index contributed by atoms with van der Waals surface area (Å²) in [6.45, 7) is 6.51. The molecule has 4 heteroatoms. The molecule has 1 aromatic rings. The Labute approximate surface area is 121 Å². The maximum Gasteiger partial charge on any atom is 0.248 e. The van der Waals surface area contributed by atoms with Gasteiger partial charge in [-0.1, -0.05) is 19.1 Å². The summed E-state index contributed by atoms with van der Waals surface area (Å²) < 4.78 is 0. The molecule has 1 saturated heterocycles. The van der Waals surface area contributed by atoms with Crippen LogP contribution in [0.2, 0.25) is 0 Å². The third-order valence-electron chi connectivity index (χ3n) is 3.92. The number of carbonyl (C=O) groups excluding carboxylic acids is 1. The molecule has 110 valence electrons. The van der Waals surface area contributed by atoms with Gasteiger partial charge in [-0.15, -0.1) is 0 Å². The monoisotopic (exact) mass is 275 g/mol. The van der Waals surface area contributed by atoms with Crippen molar-refractivity contribution in [3.8, 4) is 0 Å². The first-order chi connectivity index (χ1) is 9.70. The first-order valence-corrected chi connectivity index (χ1v) is 7.54. The number of piperidine rings is 1. The van der Waals surface area contributed by atoms with E-state index in [4.69, 9.17) is 5.73 Å². The van der Waals surface area contributed by atoms with Gasteiger partial charge in [-0.05, 0) is 50.0 Å². The molecule has 1 aliphatic heterocycles. The Morgan fingerprint density at radius 2 is 2.15 bits per heavy atom. The lowest BCUT2D eigenvalue weighted by Gasteiger charge is -2.34. The van der Waals surface area contributed by atoms with E-state index < -0.39 is 0 Å². The van der Waals surface area contributed by atoms with E-state index in [0.29, 0.717) is 11.6 Å². The minimum Gasteiger partial charge on any atom is -0.366 e. The van der Waals surface area contributed by atoms with Gasteiger partial charge in [-0.2, -0.15) is 0 Å². The molecule has 1 fully saturated rings. The SMILES string of the molecule is CCCN(Cc1ccc(C(N)=O)cc1)C1CCCNC1. The quantitative estimate of drug-likeness (QED) is 0.831. The number of nitrogens with zero attached hydrogens (tertiary/aromatic N) is 1. The second-order valence-electron chi connectivity index (χ2n) is 5.53. The van der Waals surface area contributed by atoms with E-state index in [2.05, 4.69) is 17.1 Å². The number of nitrogens with one attached hydrogen (secondary N) is 1. The standard InChI is InChI=1S/C16H25N3O/c1-2-10-19(15-4-3-9-18-11-15)12-13-5-7-14(8-6-13)16(17)20/h5-8,15,18H,2-4,9-12H2,1H3,(H2,17,20). The average molecular weight is 275 g/mol. The number of hydrogen-bond acceptors (Lipinski definition) is 3. The van der Waals surface area contributed by atoms with E-state index in [-0.39, 0.29) is 5.91 Å². The zero-order chi connectivity index (χ0) is 14.4. The molecule has 1 aliphatic rings. The molecule has 0 aromatic heterocycles. The number of hydrogen-bond donors (Lipinski definition) is 2. The first-order valence-electron chi connectivity index (χ1n) is 7.54. The molecule has 3 N–H and O–H groups in total. The van der Waals surface area contributed by atoms with E-state index in [1.54, 1.807) is 0 Å².